The Balaban J connectivity index is 0.00000264. The van der Waals surface area contributed by atoms with Crippen molar-refractivity contribution in [2.45, 2.75) is 37.7 Å². The molecule has 2 N–H and O–H groups in total. The van der Waals surface area contributed by atoms with Crippen molar-refractivity contribution in [3.8, 4) is 0 Å². The molecule has 1 aliphatic rings. The molecule has 4 nitrogen and oxygen atoms in total. The lowest BCUT2D eigenvalue weighted by molar-refractivity contribution is -0.140. The van der Waals surface area contributed by atoms with E-state index < -0.39 is 11.9 Å². The molecular formula is C13H20F3IN4S2. The molecule has 1 aromatic heterocycles. The molecule has 1 atom stereocenters. The summed E-state index contributed by atoms with van der Waals surface area (Å²) in [6.45, 7) is 3.62. The van der Waals surface area contributed by atoms with Crippen molar-refractivity contribution in [1.82, 2.24) is 15.6 Å². The Morgan fingerprint density at radius 3 is 2.78 bits per heavy atom. The number of aromatic nitrogens is 1. The minimum atomic E-state index is -4.39. The van der Waals surface area contributed by atoms with Crippen LogP contribution in [0, 0.1) is 0 Å². The van der Waals surface area contributed by atoms with Crippen molar-refractivity contribution in [3.63, 3.8) is 0 Å². The van der Waals surface area contributed by atoms with Crippen molar-refractivity contribution in [1.29, 1.82) is 0 Å². The predicted octanol–water partition coefficient (Wildman–Crippen LogP) is 3.73. The molecule has 1 aliphatic heterocycles. The average molecular weight is 480 g/mol. The van der Waals surface area contributed by atoms with Crippen LogP contribution in [0.2, 0.25) is 0 Å². The Hall–Kier alpha value is -0.230. The molecule has 0 amide bonds. The number of thioether (sulfide) groups is 1. The smallest absolute Gasteiger partial charge is 0.357 e. The van der Waals surface area contributed by atoms with Gasteiger partial charge in [-0.05, 0) is 25.5 Å². The first kappa shape index (κ1) is 20.8. The normalized spacial score (nSPS) is 18.6. The molecule has 0 spiro atoms. The molecule has 0 saturated carbocycles. The summed E-state index contributed by atoms with van der Waals surface area (Å²) in [5.74, 6) is 1.82. The van der Waals surface area contributed by atoms with Gasteiger partial charge in [0.1, 0.15) is 5.01 Å². The van der Waals surface area contributed by atoms with Gasteiger partial charge in [0.15, 0.2) is 11.7 Å². The lowest BCUT2D eigenvalue weighted by Crippen LogP contribution is -2.40. The highest BCUT2D eigenvalue weighted by Crippen LogP contribution is 2.30. The predicted molar refractivity (Wildman–Crippen MR) is 101 cm³/mol. The lowest BCUT2D eigenvalue weighted by atomic mass is 10.2. The van der Waals surface area contributed by atoms with E-state index in [9.17, 15) is 13.2 Å². The number of thiazole rings is 1. The van der Waals surface area contributed by atoms with Crippen LogP contribution in [0.5, 0.6) is 0 Å². The Labute approximate surface area is 159 Å². The molecule has 0 aromatic carbocycles. The quantitative estimate of drug-likeness (QED) is 0.383. The maximum Gasteiger partial charge on any atom is 0.434 e. The highest BCUT2D eigenvalue weighted by Gasteiger charge is 2.33. The van der Waals surface area contributed by atoms with Crippen molar-refractivity contribution in [3.05, 3.63) is 16.1 Å². The first-order valence-corrected chi connectivity index (χ1v) is 9.07. The summed E-state index contributed by atoms with van der Waals surface area (Å²) < 4.78 is 37.5. The maximum atomic E-state index is 12.5. The molecule has 1 saturated heterocycles. The van der Waals surface area contributed by atoms with E-state index in [1.807, 2.05) is 18.7 Å². The Morgan fingerprint density at radius 2 is 2.22 bits per heavy atom. The number of alkyl halides is 3. The topological polar surface area (TPSA) is 49.3 Å². The summed E-state index contributed by atoms with van der Waals surface area (Å²) in [7, 11) is 0. The Morgan fingerprint density at radius 1 is 1.43 bits per heavy atom. The van der Waals surface area contributed by atoms with Gasteiger partial charge in [-0.25, -0.2) is 9.98 Å². The largest absolute Gasteiger partial charge is 0.434 e. The molecule has 1 aromatic rings. The Kier molecular flexibility index (Phi) is 8.98. The van der Waals surface area contributed by atoms with Gasteiger partial charge in [0.05, 0.1) is 6.54 Å². The summed E-state index contributed by atoms with van der Waals surface area (Å²) in [4.78, 5) is 7.88. The van der Waals surface area contributed by atoms with Gasteiger partial charge in [0, 0.05) is 23.7 Å². The third-order valence-electron chi connectivity index (χ3n) is 3.08. The van der Waals surface area contributed by atoms with Crippen LogP contribution in [0.1, 0.15) is 30.5 Å². The van der Waals surface area contributed by atoms with Gasteiger partial charge in [-0.1, -0.05) is 0 Å². The zero-order valence-electron chi connectivity index (χ0n) is 12.7. The fraction of sp³-hybridized carbons (Fsp3) is 0.692. The van der Waals surface area contributed by atoms with Crippen LogP contribution in [0.15, 0.2) is 10.4 Å². The van der Waals surface area contributed by atoms with Crippen LogP contribution in [0.4, 0.5) is 13.2 Å². The lowest BCUT2D eigenvalue weighted by Gasteiger charge is -2.14. The molecule has 2 rings (SSSR count). The van der Waals surface area contributed by atoms with E-state index in [0.717, 1.165) is 23.3 Å². The highest BCUT2D eigenvalue weighted by molar-refractivity contribution is 14.0. The fourth-order valence-corrected chi connectivity index (χ4v) is 3.94. The number of nitrogens with zero attached hydrogens (tertiary/aromatic N) is 2. The molecule has 1 fully saturated rings. The number of nitrogens with one attached hydrogen (secondary N) is 2. The van der Waals surface area contributed by atoms with Gasteiger partial charge in [-0.3, -0.25) is 0 Å². The minimum Gasteiger partial charge on any atom is -0.357 e. The van der Waals surface area contributed by atoms with Crippen LogP contribution >= 0.6 is 47.1 Å². The minimum absolute atomic E-state index is 0. The maximum absolute atomic E-state index is 12.5. The van der Waals surface area contributed by atoms with Crippen molar-refractivity contribution >= 4 is 53.0 Å². The highest BCUT2D eigenvalue weighted by atomic mass is 127. The second-order valence-electron chi connectivity index (χ2n) is 4.84. The molecule has 132 valence electrons. The van der Waals surface area contributed by atoms with E-state index in [1.165, 1.54) is 18.6 Å². The van der Waals surface area contributed by atoms with E-state index >= 15 is 0 Å². The standard InChI is InChI=1S/C13H19F3N4S2.HI/c1-2-17-12(18-6-9-4-3-5-21-9)19-7-11-20-10(8-22-11)13(14,15)16;/h8-9H,2-7H2,1H3,(H2,17,18,19);1H. The number of rotatable bonds is 5. The number of halogens is 4. The molecule has 0 aliphatic carbocycles. The molecule has 0 radical (unpaired) electrons. The van der Waals surface area contributed by atoms with Gasteiger partial charge < -0.3 is 10.6 Å². The monoisotopic (exact) mass is 480 g/mol. The van der Waals surface area contributed by atoms with Crippen molar-refractivity contribution < 1.29 is 13.2 Å². The number of aliphatic imine (C=N–C) groups is 1. The second-order valence-corrected chi connectivity index (χ2v) is 7.19. The van der Waals surface area contributed by atoms with Gasteiger partial charge in [-0.2, -0.15) is 24.9 Å². The van der Waals surface area contributed by atoms with E-state index in [1.54, 1.807) is 0 Å². The summed E-state index contributed by atoms with van der Waals surface area (Å²) in [5.41, 5.74) is -0.844. The molecule has 1 unspecified atom stereocenters. The number of hydrogen-bond donors (Lipinski definition) is 2. The first-order chi connectivity index (χ1) is 10.5. The molecule has 10 heteroatoms. The molecule has 0 bridgehead atoms. The van der Waals surface area contributed by atoms with Gasteiger partial charge in [-0.15, -0.1) is 35.3 Å². The van der Waals surface area contributed by atoms with Gasteiger partial charge in [0.2, 0.25) is 0 Å². The van der Waals surface area contributed by atoms with Gasteiger partial charge in [0.25, 0.3) is 0 Å². The third kappa shape index (κ3) is 7.04. The van der Waals surface area contributed by atoms with E-state index in [2.05, 4.69) is 20.6 Å². The summed E-state index contributed by atoms with van der Waals surface area (Å²) in [5, 5.41) is 8.31. The third-order valence-corrected chi connectivity index (χ3v) is 5.31. The van der Waals surface area contributed by atoms with Crippen LogP contribution in [0.25, 0.3) is 0 Å². The fourth-order valence-electron chi connectivity index (χ4n) is 2.02. The van der Waals surface area contributed by atoms with Crippen LogP contribution < -0.4 is 10.6 Å². The molecule has 2 heterocycles. The average Bonchev–Trinajstić information content (AvgIpc) is 3.12. The number of hydrogen-bond acceptors (Lipinski definition) is 4. The van der Waals surface area contributed by atoms with Crippen LogP contribution in [-0.2, 0) is 12.7 Å². The summed E-state index contributed by atoms with van der Waals surface area (Å²) >= 11 is 2.92. The van der Waals surface area contributed by atoms with Crippen LogP contribution in [0.3, 0.4) is 0 Å². The Bertz CT molecular complexity index is 502. The van der Waals surface area contributed by atoms with Gasteiger partial charge >= 0.3 is 6.18 Å². The van der Waals surface area contributed by atoms with E-state index in [-0.39, 0.29) is 30.5 Å². The van der Waals surface area contributed by atoms with Crippen molar-refractivity contribution in [2.75, 3.05) is 18.8 Å². The van der Waals surface area contributed by atoms with E-state index in [0.29, 0.717) is 22.8 Å². The summed E-state index contributed by atoms with van der Waals surface area (Å²) in [6.07, 6.45) is -1.95. The molecule has 23 heavy (non-hydrogen) atoms. The SMILES string of the molecule is CCNC(=NCc1nc(C(F)(F)F)cs1)NCC1CCCS1.I. The zero-order valence-corrected chi connectivity index (χ0v) is 16.6. The summed E-state index contributed by atoms with van der Waals surface area (Å²) in [6, 6.07) is 0. The number of guanidine groups is 1. The zero-order chi connectivity index (χ0) is 16.0. The van der Waals surface area contributed by atoms with Crippen LogP contribution in [-0.4, -0.2) is 35.0 Å². The van der Waals surface area contributed by atoms with Crippen molar-refractivity contribution in [2.24, 2.45) is 4.99 Å². The first-order valence-electron chi connectivity index (χ1n) is 7.14. The van der Waals surface area contributed by atoms with E-state index in [4.69, 9.17) is 0 Å². The molecular weight excluding hydrogens is 460 g/mol. The second kappa shape index (κ2) is 9.92.